The van der Waals surface area contributed by atoms with Gasteiger partial charge in [-0.1, -0.05) is 13.0 Å². The fourth-order valence-corrected chi connectivity index (χ4v) is 3.96. The molecule has 0 aliphatic carbocycles. The molecule has 0 saturated heterocycles. The van der Waals surface area contributed by atoms with Crippen molar-refractivity contribution < 1.29 is 13.2 Å². The van der Waals surface area contributed by atoms with Gasteiger partial charge in [0.25, 0.3) is 5.91 Å². The number of hydrogen-bond donors (Lipinski definition) is 0. The number of aromatic nitrogens is 3. The number of carbonyl (C=O) groups is 1. The molecule has 1 aliphatic rings. The third-order valence-electron chi connectivity index (χ3n) is 4.27. The smallest absolute Gasteiger partial charge is 0.254 e. The van der Waals surface area contributed by atoms with E-state index in [0.29, 0.717) is 30.8 Å². The molecule has 1 aliphatic heterocycles. The summed E-state index contributed by atoms with van der Waals surface area (Å²) in [6, 6.07) is 4.80. The summed E-state index contributed by atoms with van der Waals surface area (Å²) in [7, 11) is -3.37. The van der Waals surface area contributed by atoms with Crippen LogP contribution in [0.1, 0.15) is 34.5 Å². The van der Waals surface area contributed by atoms with Crippen LogP contribution >= 0.6 is 0 Å². The molecule has 1 amide bonds. The fraction of sp³-hybridized carbons (Fsp3) is 0.438. The minimum absolute atomic E-state index is 0.188. The van der Waals surface area contributed by atoms with Gasteiger partial charge in [0, 0.05) is 31.3 Å². The van der Waals surface area contributed by atoms with Crippen LogP contribution in [0.15, 0.2) is 23.1 Å². The SMILES string of the molecule is CCc1nnc2n1CCN(C(=O)c1ccc(C)c(S(C)(=O)=O)c1)C2. The zero-order valence-electron chi connectivity index (χ0n) is 14.0. The van der Waals surface area contributed by atoms with E-state index in [4.69, 9.17) is 0 Å². The van der Waals surface area contributed by atoms with Gasteiger partial charge >= 0.3 is 0 Å². The summed E-state index contributed by atoms with van der Waals surface area (Å²) in [5.41, 5.74) is 1.02. The van der Waals surface area contributed by atoms with Gasteiger partial charge in [0.05, 0.1) is 11.4 Å². The van der Waals surface area contributed by atoms with E-state index in [0.717, 1.165) is 24.3 Å². The fourth-order valence-electron chi connectivity index (χ4n) is 2.97. The van der Waals surface area contributed by atoms with Crippen LogP contribution in [0, 0.1) is 6.92 Å². The maximum absolute atomic E-state index is 12.8. The molecule has 2 heterocycles. The number of amides is 1. The van der Waals surface area contributed by atoms with Crippen molar-refractivity contribution >= 4 is 15.7 Å². The average molecular weight is 348 g/mol. The Morgan fingerprint density at radius 3 is 2.67 bits per heavy atom. The van der Waals surface area contributed by atoms with Crippen molar-refractivity contribution in [2.75, 3.05) is 12.8 Å². The first-order valence-corrected chi connectivity index (χ1v) is 9.71. The lowest BCUT2D eigenvalue weighted by Crippen LogP contribution is -2.38. The van der Waals surface area contributed by atoms with E-state index in [1.165, 1.54) is 6.07 Å². The molecule has 0 unspecified atom stereocenters. The van der Waals surface area contributed by atoms with E-state index in [9.17, 15) is 13.2 Å². The quantitative estimate of drug-likeness (QED) is 0.832. The van der Waals surface area contributed by atoms with E-state index >= 15 is 0 Å². The highest BCUT2D eigenvalue weighted by atomic mass is 32.2. The minimum atomic E-state index is -3.37. The number of hydrogen-bond acceptors (Lipinski definition) is 5. The second-order valence-corrected chi connectivity index (χ2v) is 8.00. The Hall–Kier alpha value is -2.22. The average Bonchev–Trinajstić information content (AvgIpc) is 2.95. The summed E-state index contributed by atoms with van der Waals surface area (Å²) in [4.78, 5) is 14.6. The molecule has 0 spiro atoms. The van der Waals surface area contributed by atoms with Crippen molar-refractivity contribution in [1.82, 2.24) is 19.7 Å². The Balaban J connectivity index is 1.88. The Morgan fingerprint density at radius 2 is 2.00 bits per heavy atom. The topological polar surface area (TPSA) is 85.2 Å². The second-order valence-electron chi connectivity index (χ2n) is 6.02. The van der Waals surface area contributed by atoms with Gasteiger partial charge in [-0.3, -0.25) is 4.79 Å². The van der Waals surface area contributed by atoms with E-state index in [-0.39, 0.29) is 10.8 Å². The van der Waals surface area contributed by atoms with Crippen molar-refractivity contribution in [3.8, 4) is 0 Å². The maximum atomic E-state index is 12.8. The van der Waals surface area contributed by atoms with Gasteiger partial charge in [-0.25, -0.2) is 8.42 Å². The van der Waals surface area contributed by atoms with Crippen molar-refractivity contribution in [3.05, 3.63) is 41.0 Å². The first-order chi connectivity index (χ1) is 11.3. The molecular formula is C16H20N4O3S. The third-order valence-corrected chi connectivity index (χ3v) is 5.51. The minimum Gasteiger partial charge on any atom is -0.329 e. The predicted octanol–water partition coefficient (Wildman–Crippen LogP) is 1.21. The summed E-state index contributed by atoms with van der Waals surface area (Å²) in [6.07, 6.45) is 1.95. The molecule has 8 heteroatoms. The van der Waals surface area contributed by atoms with Gasteiger partial charge in [-0.05, 0) is 24.6 Å². The van der Waals surface area contributed by atoms with Crippen LogP contribution in [0.5, 0.6) is 0 Å². The Bertz CT molecular complexity index is 902. The lowest BCUT2D eigenvalue weighted by molar-refractivity contribution is 0.0706. The zero-order valence-corrected chi connectivity index (χ0v) is 14.8. The monoisotopic (exact) mass is 348 g/mol. The highest BCUT2D eigenvalue weighted by Gasteiger charge is 2.25. The molecule has 1 aromatic carbocycles. The molecule has 0 atom stereocenters. The Morgan fingerprint density at radius 1 is 1.25 bits per heavy atom. The highest BCUT2D eigenvalue weighted by Crippen LogP contribution is 2.20. The zero-order chi connectivity index (χ0) is 17.5. The van der Waals surface area contributed by atoms with Crippen LogP contribution in [0.4, 0.5) is 0 Å². The molecule has 0 bridgehead atoms. The molecule has 128 valence electrons. The van der Waals surface area contributed by atoms with Crippen molar-refractivity contribution in [1.29, 1.82) is 0 Å². The van der Waals surface area contributed by atoms with E-state index in [1.54, 1.807) is 24.0 Å². The van der Waals surface area contributed by atoms with Gasteiger partial charge in [-0.2, -0.15) is 0 Å². The summed E-state index contributed by atoms with van der Waals surface area (Å²) < 4.78 is 25.8. The molecule has 7 nitrogen and oxygen atoms in total. The van der Waals surface area contributed by atoms with Crippen LogP contribution in [-0.2, 0) is 29.3 Å². The van der Waals surface area contributed by atoms with Gasteiger partial charge in [0.2, 0.25) is 0 Å². The first kappa shape index (κ1) is 16.6. The predicted molar refractivity (Wildman–Crippen MR) is 88.4 cm³/mol. The number of benzene rings is 1. The van der Waals surface area contributed by atoms with Gasteiger partial charge in [-0.15, -0.1) is 10.2 Å². The number of aryl methyl sites for hydroxylation is 2. The molecule has 0 saturated carbocycles. The van der Waals surface area contributed by atoms with Crippen LogP contribution in [0.25, 0.3) is 0 Å². The highest BCUT2D eigenvalue weighted by molar-refractivity contribution is 7.90. The van der Waals surface area contributed by atoms with Crippen LogP contribution in [0.2, 0.25) is 0 Å². The van der Waals surface area contributed by atoms with E-state index in [1.807, 2.05) is 11.5 Å². The summed E-state index contributed by atoms with van der Waals surface area (Å²) in [5.74, 6) is 1.50. The Kier molecular flexibility index (Phi) is 4.16. The summed E-state index contributed by atoms with van der Waals surface area (Å²) >= 11 is 0. The maximum Gasteiger partial charge on any atom is 0.254 e. The Labute approximate surface area is 141 Å². The van der Waals surface area contributed by atoms with Crippen molar-refractivity contribution in [2.24, 2.45) is 0 Å². The second kappa shape index (κ2) is 6.01. The molecule has 3 rings (SSSR count). The number of fused-ring (bicyclic) bond motifs is 1. The summed E-state index contributed by atoms with van der Waals surface area (Å²) in [6.45, 7) is 5.34. The lowest BCUT2D eigenvalue weighted by Gasteiger charge is -2.28. The normalized spacial score (nSPS) is 14.5. The first-order valence-electron chi connectivity index (χ1n) is 7.82. The molecule has 0 N–H and O–H groups in total. The van der Waals surface area contributed by atoms with Crippen LogP contribution < -0.4 is 0 Å². The standard InChI is InChI=1S/C16H20N4O3S/c1-4-14-17-18-15-10-19(7-8-20(14)15)16(21)12-6-5-11(2)13(9-12)24(3,22)23/h5-6,9H,4,7-8,10H2,1-3H3. The number of nitrogens with zero attached hydrogens (tertiary/aromatic N) is 4. The van der Waals surface area contributed by atoms with E-state index in [2.05, 4.69) is 10.2 Å². The van der Waals surface area contributed by atoms with Gasteiger partial charge < -0.3 is 9.47 Å². The largest absolute Gasteiger partial charge is 0.329 e. The molecule has 2 aromatic rings. The summed E-state index contributed by atoms with van der Waals surface area (Å²) in [5, 5.41) is 8.28. The number of rotatable bonds is 3. The number of carbonyl (C=O) groups excluding carboxylic acids is 1. The van der Waals surface area contributed by atoms with Gasteiger partial charge in [0.1, 0.15) is 5.82 Å². The third kappa shape index (κ3) is 2.93. The van der Waals surface area contributed by atoms with Gasteiger partial charge in [0.15, 0.2) is 15.7 Å². The molecule has 0 radical (unpaired) electrons. The number of sulfone groups is 1. The molecule has 24 heavy (non-hydrogen) atoms. The van der Waals surface area contributed by atoms with Crippen molar-refractivity contribution in [2.45, 2.75) is 38.3 Å². The molecule has 1 aromatic heterocycles. The molecular weight excluding hydrogens is 328 g/mol. The lowest BCUT2D eigenvalue weighted by atomic mass is 10.1. The van der Waals surface area contributed by atoms with E-state index < -0.39 is 9.84 Å². The van der Waals surface area contributed by atoms with Crippen molar-refractivity contribution in [3.63, 3.8) is 0 Å². The van der Waals surface area contributed by atoms with Crippen LogP contribution in [0.3, 0.4) is 0 Å². The van der Waals surface area contributed by atoms with Crippen LogP contribution in [-0.4, -0.2) is 46.8 Å². The molecule has 0 fully saturated rings.